The predicted octanol–water partition coefficient (Wildman–Crippen LogP) is 2.53. The Morgan fingerprint density at radius 1 is 1.33 bits per heavy atom. The molecule has 21 heavy (non-hydrogen) atoms. The van der Waals surface area contributed by atoms with Crippen molar-refractivity contribution in [1.29, 1.82) is 0 Å². The van der Waals surface area contributed by atoms with E-state index in [4.69, 9.17) is 11.6 Å². The van der Waals surface area contributed by atoms with Gasteiger partial charge in [0.05, 0.1) is 6.54 Å². The van der Waals surface area contributed by atoms with Crippen LogP contribution >= 0.6 is 11.6 Å². The number of benzene rings is 1. The van der Waals surface area contributed by atoms with Crippen molar-refractivity contribution < 1.29 is 4.79 Å². The lowest BCUT2D eigenvalue weighted by Crippen LogP contribution is -2.32. The summed E-state index contributed by atoms with van der Waals surface area (Å²) in [5, 5.41) is 7.64. The second-order valence-corrected chi connectivity index (χ2v) is 5.29. The smallest absolute Gasteiger partial charge is 0.239 e. The maximum absolute atomic E-state index is 12.0. The lowest BCUT2D eigenvalue weighted by molar-refractivity contribution is -0.117. The number of hydrogen-bond acceptors (Lipinski definition) is 3. The molecule has 0 aliphatic carbocycles. The summed E-state index contributed by atoms with van der Waals surface area (Å²) in [5.41, 5.74) is 1.13. The summed E-state index contributed by atoms with van der Waals surface area (Å²) >= 11 is 5.87. The van der Waals surface area contributed by atoms with Crippen LogP contribution in [-0.2, 0) is 18.4 Å². The molecule has 0 saturated heterocycles. The molecule has 1 heterocycles. The Hall–Kier alpha value is -1.85. The minimum Gasteiger partial charge on any atom is -0.308 e. The zero-order valence-electron chi connectivity index (χ0n) is 12.2. The number of rotatable bonds is 6. The number of halogens is 1. The second-order valence-electron chi connectivity index (χ2n) is 4.85. The van der Waals surface area contributed by atoms with Crippen LogP contribution in [0.25, 0.3) is 0 Å². The third-order valence-corrected chi connectivity index (χ3v) is 3.37. The van der Waals surface area contributed by atoms with Crippen molar-refractivity contribution in [2.24, 2.45) is 7.05 Å². The topological polar surface area (TPSA) is 50.2 Å². The number of nitrogens with zero attached hydrogens (tertiary/aromatic N) is 3. The molecule has 5 nitrogen and oxygen atoms in total. The molecule has 2 aromatic rings. The van der Waals surface area contributed by atoms with E-state index in [1.165, 1.54) is 0 Å². The highest BCUT2D eigenvalue weighted by Gasteiger charge is 2.11. The average Bonchev–Trinajstić information content (AvgIpc) is 2.85. The molecular formula is C15H19ClN4O. The number of aryl methyl sites for hydroxylation is 1. The summed E-state index contributed by atoms with van der Waals surface area (Å²) in [4.78, 5) is 14.1. The van der Waals surface area contributed by atoms with Crippen LogP contribution in [0.5, 0.6) is 0 Å². The number of anilines is 1. The summed E-state index contributed by atoms with van der Waals surface area (Å²) in [5.74, 6) is 0.509. The molecule has 2 rings (SSSR count). The van der Waals surface area contributed by atoms with E-state index in [0.29, 0.717) is 18.9 Å². The molecular weight excluding hydrogens is 288 g/mol. The first-order chi connectivity index (χ1) is 10.1. The van der Waals surface area contributed by atoms with Crippen molar-refractivity contribution in [3.05, 3.63) is 47.1 Å². The van der Waals surface area contributed by atoms with Crippen molar-refractivity contribution in [3.8, 4) is 0 Å². The van der Waals surface area contributed by atoms with Crippen molar-refractivity contribution in [3.63, 3.8) is 0 Å². The molecule has 1 amide bonds. The quantitative estimate of drug-likeness (QED) is 0.892. The van der Waals surface area contributed by atoms with E-state index in [1.807, 2.05) is 38.2 Å². The van der Waals surface area contributed by atoms with Crippen LogP contribution in [-0.4, -0.2) is 33.7 Å². The normalized spacial score (nSPS) is 10.9. The maximum Gasteiger partial charge on any atom is 0.239 e. The zero-order chi connectivity index (χ0) is 15.2. The zero-order valence-corrected chi connectivity index (χ0v) is 13.0. The van der Waals surface area contributed by atoms with Crippen LogP contribution < -0.4 is 5.32 Å². The maximum atomic E-state index is 12.0. The highest BCUT2D eigenvalue weighted by Crippen LogP contribution is 2.11. The molecule has 0 aliphatic heterocycles. The van der Waals surface area contributed by atoms with Gasteiger partial charge in [0.2, 0.25) is 5.91 Å². The third-order valence-electron chi connectivity index (χ3n) is 3.11. The summed E-state index contributed by atoms with van der Waals surface area (Å²) in [6.45, 7) is 3.86. The molecule has 0 unspecified atom stereocenters. The van der Waals surface area contributed by atoms with Gasteiger partial charge in [0.25, 0.3) is 0 Å². The second kappa shape index (κ2) is 7.24. The first-order valence-electron chi connectivity index (χ1n) is 6.83. The van der Waals surface area contributed by atoms with Crippen LogP contribution in [0.15, 0.2) is 36.5 Å². The van der Waals surface area contributed by atoms with Gasteiger partial charge in [-0.25, -0.2) is 0 Å². The fraction of sp³-hybridized carbons (Fsp3) is 0.333. The molecule has 0 spiro atoms. The van der Waals surface area contributed by atoms with E-state index in [0.717, 1.165) is 17.1 Å². The monoisotopic (exact) mass is 306 g/mol. The number of amides is 1. The van der Waals surface area contributed by atoms with E-state index in [9.17, 15) is 4.79 Å². The van der Waals surface area contributed by atoms with Crippen molar-refractivity contribution in [2.75, 3.05) is 18.4 Å². The summed E-state index contributed by atoms with van der Waals surface area (Å²) in [7, 11) is 1.81. The Bertz CT molecular complexity index is 594. The van der Waals surface area contributed by atoms with Crippen LogP contribution in [0.2, 0.25) is 5.02 Å². The molecule has 1 aromatic heterocycles. The lowest BCUT2D eigenvalue weighted by Gasteiger charge is -2.19. The van der Waals surface area contributed by atoms with E-state index >= 15 is 0 Å². The van der Waals surface area contributed by atoms with Gasteiger partial charge in [0, 0.05) is 30.9 Å². The molecule has 1 N–H and O–H groups in total. The minimum atomic E-state index is -0.0653. The molecule has 112 valence electrons. The van der Waals surface area contributed by atoms with Gasteiger partial charge < -0.3 is 5.32 Å². The van der Waals surface area contributed by atoms with Gasteiger partial charge in [-0.3, -0.25) is 14.4 Å². The van der Waals surface area contributed by atoms with E-state index in [1.54, 1.807) is 16.9 Å². The molecule has 0 radical (unpaired) electrons. The highest BCUT2D eigenvalue weighted by atomic mass is 35.5. The van der Waals surface area contributed by atoms with Gasteiger partial charge in [-0.2, -0.15) is 5.10 Å². The highest BCUT2D eigenvalue weighted by molar-refractivity contribution is 6.30. The molecule has 0 bridgehead atoms. The fourth-order valence-corrected chi connectivity index (χ4v) is 2.12. The van der Waals surface area contributed by atoms with Crippen molar-refractivity contribution >= 4 is 23.3 Å². The predicted molar refractivity (Wildman–Crippen MR) is 84.2 cm³/mol. The van der Waals surface area contributed by atoms with Crippen LogP contribution in [0, 0.1) is 0 Å². The summed E-state index contributed by atoms with van der Waals surface area (Å²) in [6.07, 6.45) is 1.79. The third kappa shape index (κ3) is 4.88. The molecule has 0 atom stereocenters. The van der Waals surface area contributed by atoms with Crippen LogP contribution in [0.4, 0.5) is 5.82 Å². The molecule has 0 fully saturated rings. The Balaban J connectivity index is 1.89. The van der Waals surface area contributed by atoms with Gasteiger partial charge in [-0.1, -0.05) is 30.7 Å². The van der Waals surface area contributed by atoms with Crippen LogP contribution in [0.1, 0.15) is 12.5 Å². The van der Waals surface area contributed by atoms with Gasteiger partial charge >= 0.3 is 0 Å². The van der Waals surface area contributed by atoms with E-state index < -0.39 is 0 Å². The first kappa shape index (κ1) is 15.5. The number of carbonyl (C=O) groups is 1. The average molecular weight is 307 g/mol. The number of carbonyl (C=O) groups excluding carboxylic acids is 1. The van der Waals surface area contributed by atoms with Gasteiger partial charge in [0.1, 0.15) is 0 Å². The summed E-state index contributed by atoms with van der Waals surface area (Å²) in [6, 6.07) is 9.44. The Labute approximate surface area is 129 Å². The summed E-state index contributed by atoms with van der Waals surface area (Å²) < 4.78 is 1.65. The minimum absolute atomic E-state index is 0.0653. The first-order valence-corrected chi connectivity index (χ1v) is 7.21. The molecule has 0 aliphatic rings. The fourth-order valence-electron chi connectivity index (χ4n) is 1.99. The SMILES string of the molecule is CCN(CC(=O)Nc1ccn(C)n1)Cc1ccc(Cl)cc1. The van der Waals surface area contributed by atoms with Gasteiger partial charge in [-0.05, 0) is 24.2 Å². The standard InChI is InChI=1S/C15H19ClN4O/c1-3-20(10-12-4-6-13(16)7-5-12)11-15(21)17-14-8-9-19(2)18-14/h4-9H,3,10-11H2,1-2H3,(H,17,18,21). The molecule has 6 heteroatoms. The Morgan fingerprint density at radius 3 is 2.62 bits per heavy atom. The lowest BCUT2D eigenvalue weighted by atomic mass is 10.2. The Kier molecular flexibility index (Phi) is 5.36. The van der Waals surface area contributed by atoms with Crippen LogP contribution in [0.3, 0.4) is 0 Å². The number of nitrogens with one attached hydrogen (secondary N) is 1. The van der Waals surface area contributed by atoms with E-state index in [-0.39, 0.29) is 5.91 Å². The molecule has 0 saturated carbocycles. The van der Waals surface area contributed by atoms with Gasteiger partial charge in [-0.15, -0.1) is 0 Å². The van der Waals surface area contributed by atoms with Crippen molar-refractivity contribution in [1.82, 2.24) is 14.7 Å². The van der Waals surface area contributed by atoms with Crippen molar-refractivity contribution in [2.45, 2.75) is 13.5 Å². The Morgan fingerprint density at radius 2 is 2.05 bits per heavy atom. The number of aromatic nitrogens is 2. The largest absolute Gasteiger partial charge is 0.308 e. The molecule has 1 aromatic carbocycles. The number of likely N-dealkylation sites (N-methyl/N-ethyl adjacent to an activating group) is 1. The van der Waals surface area contributed by atoms with Gasteiger partial charge in [0.15, 0.2) is 5.82 Å². The number of hydrogen-bond donors (Lipinski definition) is 1. The van der Waals surface area contributed by atoms with E-state index in [2.05, 4.69) is 15.3 Å².